The van der Waals surface area contributed by atoms with Crippen molar-refractivity contribution in [1.82, 2.24) is 4.90 Å². The van der Waals surface area contributed by atoms with E-state index < -0.39 is 17.5 Å². The second-order valence-corrected chi connectivity index (χ2v) is 5.67. The summed E-state index contributed by atoms with van der Waals surface area (Å²) in [5, 5.41) is 9.31. The Balaban J connectivity index is 2.14. The number of phenols is 1. The first kappa shape index (κ1) is 15.1. The molecule has 0 radical (unpaired) electrons. The number of morpholine rings is 1. The van der Waals surface area contributed by atoms with Crippen molar-refractivity contribution in [3.05, 3.63) is 29.3 Å². The number of benzene rings is 1. The van der Waals surface area contributed by atoms with E-state index in [-0.39, 0.29) is 5.60 Å². The van der Waals surface area contributed by atoms with E-state index in [1.807, 2.05) is 13.8 Å². The van der Waals surface area contributed by atoms with Gasteiger partial charge < -0.3 is 9.84 Å². The third-order valence-corrected chi connectivity index (χ3v) is 3.28. The van der Waals surface area contributed by atoms with Crippen LogP contribution in [0.1, 0.15) is 25.0 Å². The molecular weight excluding hydrogens is 271 g/mol. The first-order valence-electron chi connectivity index (χ1n) is 6.43. The Morgan fingerprint density at radius 3 is 2.65 bits per heavy atom. The second-order valence-electron chi connectivity index (χ2n) is 5.67. The Hall–Kier alpha value is -1.27. The van der Waals surface area contributed by atoms with E-state index in [0.717, 1.165) is 12.1 Å². The summed E-state index contributed by atoms with van der Waals surface area (Å²) in [6.45, 7) is 6.24. The van der Waals surface area contributed by atoms with Crippen molar-refractivity contribution in [3.63, 3.8) is 0 Å². The highest BCUT2D eigenvalue weighted by Crippen LogP contribution is 2.36. The molecule has 1 fully saturated rings. The molecule has 1 heterocycles. The Labute approximate surface area is 116 Å². The van der Waals surface area contributed by atoms with Crippen molar-refractivity contribution in [1.29, 1.82) is 0 Å². The molecule has 3 nitrogen and oxygen atoms in total. The first-order chi connectivity index (χ1) is 9.17. The van der Waals surface area contributed by atoms with Crippen LogP contribution in [0.2, 0.25) is 0 Å². The predicted octanol–water partition coefficient (Wildman–Crippen LogP) is 3.02. The number of halogens is 3. The van der Waals surface area contributed by atoms with Gasteiger partial charge in [-0.1, -0.05) is 6.07 Å². The van der Waals surface area contributed by atoms with Crippen LogP contribution in [0, 0.1) is 0 Å². The summed E-state index contributed by atoms with van der Waals surface area (Å²) in [5.74, 6) is -0.733. The maximum absolute atomic E-state index is 12.7. The van der Waals surface area contributed by atoms with Gasteiger partial charge in [0, 0.05) is 19.6 Å². The average Bonchev–Trinajstić information content (AvgIpc) is 2.29. The van der Waals surface area contributed by atoms with Gasteiger partial charge in [-0.3, -0.25) is 4.90 Å². The number of hydrogen-bond donors (Lipinski definition) is 1. The summed E-state index contributed by atoms with van der Waals surface area (Å²) in [7, 11) is 0. The van der Waals surface area contributed by atoms with Gasteiger partial charge in [-0.15, -0.1) is 0 Å². The van der Waals surface area contributed by atoms with Crippen molar-refractivity contribution in [3.8, 4) is 5.75 Å². The van der Waals surface area contributed by atoms with Crippen LogP contribution < -0.4 is 0 Å². The Kier molecular flexibility index (Phi) is 3.97. The van der Waals surface area contributed by atoms with Crippen LogP contribution in [0.5, 0.6) is 5.75 Å². The van der Waals surface area contributed by atoms with Crippen LogP contribution in [0.3, 0.4) is 0 Å². The number of aromatic hydroxyl groups is 1. The predicted molar refractivity (Wildman–Crippen MR) is 68.4 cm³/mol. The minimum atomic E-state index is -4.54. The largest absolute Gasteiger partial charge is 0.507 e. The van der Waals surface area contributed by atoms with Gasteiger partial charge in [0.1, 0.15) is 5.75 Å². The molecule has 1 aromatic rings. The van der Waals surface area contributed by atoms with Gasteiger partial charge in [-0.05, 0) is 31.5 Å². The van der Waals surface area contributed by atoms with Crippen LogP contribution in [0.4, 0.5) is 13.2 Å². The van der Waals surface area contributed by atoms with Gasteiger partial charge in [0.15, 0.2) is 0 Å². The van der Waals surface area contributed by atoms with Gasteiger partial charge in [-0.25, -0.2) is 0 Å². The number of nitrogens with zero attached hydrogens (tertiary/aromatic N) is 1. The molecule has 0 atom stereocenters. The second kappa shape index (κ2) is 5.26. The van der Waals surface area contributed by atoms with Crippen molar-refractivity contribution in [2.45, 2.75) is 32.2 Å². The van der Waals surface area contributed by atoms with Crippen LogP contribution in [-0.4, -0.2) is 35.3 Å². The van der Waals surface area contributed by atoms with Crippen molar-refractivity contribution in [2.75, 3.05) is 19.7 Å². The molecule has 1 N–H and O–H groups in total. The molecule has 0 saturated carbocycles. The minimum Gasteiger partial charge on any atom is -0.507 e. The van der Waals surface area contributed by atoms with E-state index >= 15 is 0 Å². The first-order valence-corrected chi connectivity index (χ1v) is 6.43. The smallest absolute Gasteiger partial charge is 0.419 e. The fourth-order valence-corrected chi connectivity index (χ4v) is 2.42. The molecule has 20 heavy (non-hydrogen) atoms. The lowest BCUT2D eigenvalue weighted by molar-refractivity contribution is -0.138. The summed E-state index contributed by atoms with van der Waals surface area (Å²) in [5.41, 5.74) is -0.738. The zero-order valence-corrected chi connectivity index (χ0v) is 11.5. The Morgan fingerprint density at radius 2 is 2.05 bits per heavy atom. The molecule has 2 rings (SSSR count). The summed E-state index contributed by atoms with van der Waals surface area (Å²) in [6.07, 6.45) is -4.54. The zero-order valence-electron chi connectivity index (χ0n) is 11.5. The van der Waals surface area contributed by atoms with E-state index in [9.17, 15) is 18.3 Å². The number of hydrogen-bond acceptors (Lipinski definition) is 3. The summed E-state index contributed by atoms with van der Waals surface area (Å²) in [6, 6.07) is 3.63. The van der Waals surface area contributed by atoms with Crippen molar-refractivity contribution >= 4 is 0 Å². The highest BCUT2D eigenvalue weighted by atomic mass is 19.4. The number of alkyl halides is 3. The van der Waals surface area contributed by atoms with E-state index in [2.05, 4.69) is 4.90 Å². The topological polar surface area (TPSA) is 32.7 Å². The van der Waals surface area contributed by atoms with E-state index in [1.165, 1.54) is 6.07 Å². The van der Waals surface area contributed by atoms with Gasteiger partial charge >= 0.3 is 6.18 Å². The quantitative estimate of drug-likeness (QED) is 0.908. The van der Waals surface area contributed by atoms with Crippen LogP contribution >= 0.6 is 0 Å². The molecule has 1 saturated heterocycles. The highest BCUT2D eigenvalue weighted by molar-refractivity contribution is 5.38. The molecule has 0 aromatic heterocycles. The Bertz CT molecular complexity index is 486. The third-order valence-electron chi connectivity index (χ3n) is 3.28. The Morgan fingerprint density at radius 1 is 1.35 bits per heavy atom. The minimum absolute atomic E-state index is 0.290. The highest BCUT2D eigenvalue weighted by Gasteiger charge is 2.34. The molecule has 1 aliphatic heterocycles. The molecule has 0 unspecified atom stereocenters. The maximum atomic E-state index is 12.7. The van der Waals surface area contributed by atoms with Crippen LogP contribution in [-0.2, 0) is 17.5 Å². The molecule has 1 aliphatic rings. The lowest BCUT2D eigenvalue weighted by Gasteiger charge is -2.38. The fraction of sp³-hybridized carbons (Fsp3) is 0.571. The van der Waals surface area contributed by atoms with Crippen LogP contribution in [0.25, 0.3) is 0 Å². The molecule has 0 aliphatic carbocycles. The number of rotatable bonds is 2. The lowest BCUT2D eigenvalue weighted by atomic mass is 10.1. The fourth-order valence-electron chi connectivity index (χ4n) is 2.42. The summed E-state index contributed by atoms with van der Waals surface area (Å²) >= 11 is 0. The van der Waals surface area contributed by atoms with Crippen molar-refractivity contribution in [2.24, 2.45) is 0 Å². The van der Waals surface area contributed by atoms with Crippen LogP contribution in [0.15, 0.2) is 18.2 Å². The van der Waals surface area contributed by atoms with Gasteiger partial charge in [0.05, 0.1) is 17.8 Å². The standard InChI is InChI=1S/C14H18F3NO2/c1-13(2)9-18(5-6-20-13)8-10-3-4-12(19)11(7-10)14(15,16)17/h3-4,7,19H,5-6,8-9H2,1-2H3. The lowest BCUT2D eigenvalue weighted by Crippen LogP contribution is -2.47. The molecule has 6 heteroatoms. The number of ether oxygens (including phenoxy) is 1. The zero-order chi connectivity index (χ0) is 15.0. The van der Waals surface area contributed by atoms with Crippen molar-refractivity contribution < 1.29 is 23.0 Å². The summed E-state index contributed by atoms with van der Waals surface area (Å²) < 4.78 is 43.8. The van der Waals surface area contributed by atoms with E-state index in [4.69, 9.17) is 4.74 Å². The molecule has 0 spiro atoms. The third kappa shape index (κ3) is 3.64. The SMILES string of the molecule is CC1(C)CN(Cc2ccc(O)c(C(F)(F)F)c2)CCO1. The average molecular weight is 289 g/mol. The molecule has 0 amide bonds. The molecular formula is C14H18F3NO2. The van der Waals surface area contributed by atoms with E-state index in [1.54, 1.807) is 0 Å². The maximum Gasteiger partial charge on any atom is 0.419 e. The molecule has 0 bridgehead atoms. The van der Waals surface area contributed by atoms with Gasteiger partial charge in [0.2, 0.25) is 0 Å². The van der Waals surface area contributed by atoms with Gasteiger partial charge in [-0.2, -0.15) is 13.2 Å². The summed E-state index contributed by atoms with van der Waals surface area (Å²) in [4.78, 5) is 2.05. The van der Waals surface area contributed by atoms with E-state index in [0.29, 0.717) is 31.8 Å². The van der Waals surface area contributed by atoms with Gasteiger partial charge in [0.25, 0.3) is 0 Å². The normalized spacial score (nSPS) is 20.1. The monoisotopic (exact) mass is 289 g/mol. The number of phenolic OH excluding ortho intramolecular Hbond substituents is 1. The molecule has 112 valence electrons. The molecule has 1 aromatic carbocycles.